The van der Waals surface area contributed by atoms with E-state index in [-0.39, 0.29) is 48.9 Å². The topological polar surface area (TPSA) is 93.1 Å². The third-order valence-corrected chi connectivity index (χ3v) is 5.30. The van der Waals surface area contributed by atoms with E-state index in [1.165, 1.54) is 29.0 Å². The van der Waals surface area contributed by atoms with Gasteiger partial charge in [-0.05, 0) is 26.3 Å². The standard InChI is InChI=1S/C21H24F3N3O4/c1-11(22)5-6-26-9-12(2)27-10-15(18(28)19(29)17(27)21(26)31)20(30)25-8-13-3-4-14(23)7-16(13)24/h3-4,7,10-12,18,28-29H,5-6,8-9H2,1-2H3,(H,25,30). The third kappa shape index (κ3) is 4.68. The van der Waals surface area contributed by atoms with Gasteiger partial charge in [0.1, 0.15) is 23.4 Å². The number of piperazine rings is 1. The molecule has 168 valence electrons. The van der Waals surface area contributed by atoms with Crippen LogP contribution >= 0.6 is 0 Å². The highest BCUT2D eigenvalue weighted by molar-refractivity contribution is 5.99. The predicted octanol–water partition coefficient (Wildman–Crippen LogP) is 1.89. The van der Waals surface area contributed by atoms with Crippen molar-refractivity contribution in [3.63, 3.8) is 0 Å². The molecule has 3 unspecified atom stereocenters. The van der Waals surface area contributed by atoms with E-state index in [9.17, 15) is 33.0 Å². The fraction of sp³-hybridized carbons (Fsp3) is 0.429. The molecule has 2 aliphatic rings. The van der Waals surface area contributed by atoms with E-state index in [4.69, 9.17) is 0 Å². The van der Waals surface area contributed by atoms with Crippen LogP contribution in [0.1, 0.15) is 25.8 Å². The summed E-state index contributed by atoms with van der Waals surface area (Å²) in [6.07, 6.45) is -1.45. The second kappa shape index (κ2) is 9.01. The molecule has 1 saturated heterocycles. The lowest BCUT2D eigenvalue weighted by molar-refractivity contribution is -0.133. The Hall–Kier alpha value is -3.01. The van der Waals surface area contributed by atoms with E-state index in [0.29, 0.717) is 6.07 Å². The Morgan fingerprint density at radius 3 is 2.71 bits per heavy atom. The summed E-state index contributed by atoms with van der Waals surface area (Å²) in [6.45, 7) is 3.27. The first kappa shape index (κ1) is 22.7. The van der Waals surface area contributed by atoms with Crippen LogP contribution in [0, 0.1) is 11.6 Å². The van der Waals surface area contributed by atoms with E-state index in [1.807, 2.05) is 0 Å². The van der Waals surface area contributed by atoms with Crippen molar-refractivity contribution in [2.24, 2.45) is 0 Å². The van der Waals surface area contributed by atoms with E-state index in [0.717, 1.165) is 6.07 Å². The van der Waals surface area contributed by atoms with Crippen LogP contribution in [0.2, 0.25) is 0 Å². The average Bonchev–Trinajstić information content (AvgIpc) is 2.70. The molecule has 2 aliphatic heterocycles. The van der Waals surface area contributed by atoms with Gasteiger partial charge in [0.15, 0.2) is 5.76 Å². The van der Waals surface area contributed by atoms with Crippen molar-refractivity contribution in [1.82, 2.24) is 15.1 Å². The maximum absolute atomic E-state index is 13.8. The molecule has 0 bridgehead atoms. The average molecular weight is 439 g/mol. The van der Waals surface area contributed by atoms with Gasteiger partial charge < -0.3 is 25.3 Å². The number of halogens is 3. The minimum Gasteiger partial charge on any atom is -0.507 e. The summed E-state index contributed by atoms with van der Waals surface area (Å²) in [5.74, 6) is -3.62. The second-order valence-electron chi connectivity index (χ2n) is 7.72. The Morgan fingerprint density at radius 2 is 2.06 bits per heavy atom. The molecule has 1 aromatic rings. The van der Waals surface area contributed by atoms with Crippen molar-refractivity contribution in [2.45, 2.75) is 45.1 Å². The van der Waals surface area contributed by atoms with Crippen LogP contribution in [0.3, 0.4) is 0 Å². The summed E-state index contributed by atoms with van der Waals surface area (Å²) < 4.78 is 40.0. The summed E-state index contributed by atoms with van der Waals surface area (Å²) in [5, 5.41) is 23.3. The minimum atomic E-state index is -1.76. The molecule has 0 aromatic heterocycles. The molecular formula is C21H24F3N3O4. The molecular weight excluding hydrogens is 415 g/mol. The van der Waals surface area contributed by atoms with Crippen LogP contribution in [0.5, 0.6) is 0 Å². The molecule has 0 radical (unpaired) electrons. The zero-order valence-electron chi connectivity index (χ0n) is 17.1. The number of aliphatic hydroxyl groups excluding tert-OH is 2. The van der Waals surface area contributed by atoms with E-state index >= 15 is 0 Å². The zero-order valence-corrected chi connectivity index (χ0v) is 17.1. The van der Waals surface area contributed by atoms with Gasteiger partial charge in [-0.1, -0.05) is 6.07 Å². The van der Waals surface area contributed by atoms with Crippen LogP contribution < -0.4 is 5.32 Å². The lowest BCUT2D eigenvalue weighted by atomic mass is 9.98. The number of fused-ring (bicyclic) bond motifs is 1. The van der Waals surface area contributed by atoms with Gasteiger partial charge in [0.2, 0.25) is 0 Å². The van der Waals surface area contributed by atoms with Gasteiger partial charge >= 0.3 is 0 Å². The fourth-order valence-corrected chi connectivity index (χ4v) is 3.55. The number of rotatable bonds is 6. The van der Waals surface area contributed by atoms with Crippen LogP contribution in [0.25, 0.3) is 0 Å². The maximum atomic E-state index is 13.8. The van der Waals surface area contributed by atoms with Crippen LogP contribution in [-0.2, 0) is 16.1 Å². The molecule has 0 aliphatic carbocycles. The van der Waals surface area contributed by atoms with Crippen LogP contribution in [0.4, 0.5) is 13.2 Å². The number of nitrogens with one attached hydrogen (secondary N) is 1. The number of hydrogen-bond acceptors (Lipinski definition) is 5. The number of benzene rings is 1. The molecule has 3 N–H and O–H groups in total. The Morgan fingerprint density at radius 1 is 1.35 bits per heavy atom. The lowest BCUT2D eigenvalue weighted by Gasteiger charge is -2.43. The monoisotopic (exact) mass is 439 g/mol. The number of alkyl halides is 1. The molecule has 2 heterocycles. The smallest absolute Gasteiger partial charge is 0.274 e. The van der Waals surface area contributed by atoms with Gasteiger partial charge in [0, 0.05) is 43.5 Å². The molecule has 1 aromatic carbocycles. The van der Waals surface area contributed by atoms with Gasteiger partial charge in [-0.2, -0.15) is 0 Å². The van der Waals surface area contributed by atoms with Gasteiger partial charge in [0.05, 0.1) is 11.7 Å². The number of carbonyl (C=O) groups excluding carboxylic acids is 2. The van der Waals surface area contributed by atoms with Crippen molar-refractivity contribution in [1.29, 1.82) is 0 Å². The van der Waals surface area contributed by atoms with Crippen molar-refractivity contribution in [2.75, 3.05) is 13.1 Å². The first-order valence-electron chi connectivity index (χ1n) is 9.86. The lowest BCUT2D eigenvalue weighted by Crippen LogP contribution is -2.55. The first-order valence-corrected chi connectivity index (χ1v) is 9.86. The largest absolute Gasteiger partial charge is 0.507 e. The fourth-order valence-electron chi connectivity index (χ4n) is 3.55. The van der Waals surface area contributed by atoms with Crippen molar-refractivity contribution >= 4 is 11.8 Å². The molecule has 31 heavy (non-hydrogen) atoms. The highest BCUT2D eigenvalue weighted by Gasteiger charge is 2.42. The SMILES string of the molecule is CC(F)CCN1CC(C)N2C=C(C(=O)NCc3ccc(F)cc3F)C(O)C(O)=C2C1=O. The highest BCUT2D eigenvalue weighted by atomic mass is 19.1. The number of aliphatic hydroxyl groups is 2. The maximum Gasteiger partial charge on any atom is 0.274 e. The second-order valence-corrected chi connectivity index (χ2v) is 7.72. The van der Waals surface area contributed by atoms with E-state index < -0.39 is 41.5 Å². The molecule has 3 atom stereocenters. The Balaban J connectivity index is 1.76. The number of nitrogens with zero attached hydrogens (tertiary/aromatic N) is 2. The summed E-state index contributed by atoms with van der Waals surface area (Å²) in [7, 11) is 0. The molecule has 3 rings (SSSR count). The van der Waals surface area contributed by atoms with Gasteiger partial charge in [0.25, 0.3) is 11.8 Å². The molecule has 7 nitrogen and oxygen atoms in total. The number of amides is 2. The van der Waals surface area contributed by atoms with E-state index in [1.54, 1.807) is 6.92 Å². The van der Waals surface area contributed by atoms with Crippen molar-refractivity contribution in [3.8, 4) is 0 Å². The van der Waals surface area contributed by atoms with Crippen molar-refractivity contribution < 1.29 is 33.0 Å². The highest BCUT2D eigenvalue weighted by Crippen LogP contribution is 2.31. The summed E-state index contributed by atoms with van der Waals surface area (Å²) in [4.78, 5) is 28.1. The normalized spacial score (nSPS) is 22.3. The van der Waals surface area contributed by atoms with Crippen molar-refractivity contribution in [3.05, 3.63) is 58.6 Å². The molecule has 10 heteroatoms. The quantitative estimate of drug-likeness (QED) is 0.630. The Kier molecular flexibility index (Phi) is 6.59. The summed E-state index contributed by atoms with van der Waals surface area (Å²) in [5.41, 5.74) is -0.353. The Labute approximate surface area is 177 Å². The summed E-state index contributed by atoms with van der Waals surface area (Å²) >= 11 is 0. The predicted molar refractivity (Wildman–Crippen MR) is 105 cm³/mol. The summed E-state index contributed by atoms with van der Waals surface area (Å²) in [6, 6.07) is 2.57. The Bertz CT molecular complexity index is 948. The van der Waals surface area contributed by atoms with Crippen LogP contribution in [-0.4, -0.2) is 63.2 Å². The van der Waals surface area contributed by atoms with Gasteiger partial charge in [-0.3, -0.25) is 9.59 Å². The molecule has 1 fully saturated rings. The first-order chi connectivity index (χ1) is 14.6. The third-order valence-electron chi connectivity index (χ3n) is 5.30. The van der Waals surface area contributed by atoms with Gasteiger partial charge in [-0.15, -0.1) is 0 Å². The number of carbonyl (C=O) groups is 2. The molecule has 0 saturated carbocycles. The number of hydrogen-bond donors (Lipinski definition) is 3. The molecule has 0 spiro atoms. The zero-order chi connectivity index (χ0) is 22.9. The van der Waals surface area contributed by atoms with Crippen LogP contribution in [0.15, 0.2) is 41.4 Å². The van der Waals surface area contributed by atoms with E-state index in [2.05, 4.69) is 5.32 Å². The minimum absolute atomic E-state index is 0.0420. The molecule has 2 amide bonds. The van der Waals surface area contributed by atoms with Gasteiger partial charge in [-0.25, -0.2) is 13.2 Å².